The van der Waals surface area contributed by atoms with E-state index in [0.717, 1.165) is 0 Å². The molecule has 94 valence electrons. The van der Waals surface area contributed by atoms with Gasteiger partial charge < -0.3 is 20.3 Å². The summed E-state index contributed by atoms with van der Waals surface area (Å²) in [6.45, 7) is 0. The number of carboxylic acid groups (broad SMARTS) is 1. The summed E-state index contributed by atoms with van der Waals surface area (Å²) >= 11 is 5.98. The lowest BCUT2D eigenvalue weighted by atomic mass is 10.1. The standard InChI is InChI=1S/C11H14ClNO4/c1-16-9-5-6(4-8(13)11(14)15)3-7(12)10(9)17-2/h3,5,8H,4,13H2,1-2H3,(H,14,15)/t8-/m1/s1. The van der Waals surface area contributed by atoms with Gasteiger partial charge in [0.15, 0.2) is 11.5 Å². The maximum Gasteiger partial charge on any atom is 0.320 e. The van der Waals surface area contributed by atoms with Crippen LogP contribution in [0.5, 0.6) is 11.5 Å². The van der Waals surface area contributed by atoms with Gasteiger partial charge in [0.25, 0.3) is 0 Å². The highest BCUT2D eigenvalue weighted by molar-refractivity contribution is 6.32. The van der Waals surface area contributed by atoms with Crippen LogP contribution < -0.4 is 15.2 Å². The van der Waals surface area contributed by atoms with E-state index < -0.39 is 12.0 Å². The van der Waals surface area contributed by atoms with E-state index in [-0.39, 0.29) is 6.42 Å². The number of methoxy groups -OCH3 is 2. The first-order chi connectivity index (χ1) is 7.99. The fraction of sp³-hybridized carbons (Fsp3) is 0.364. The first kappa shape index (κ1) is 13.6. The number of aliphatic carboxylic acids is 1. The van der Waals surface area contributed by atoms with Crippen LogP contribution in [0.15, 0.2) is 12.1 Å². The van der Waals surface area contributed by atoms with Crippen molar-refractivity contribution in [2.45, 2.75) is 12.5 Å². The molecule has 0 aliphatic carbocycles. The Morgan fingerprint density at radius 2 is 2.12 bits per heavy atom. The molecule has 1 aromatic carbocycles. The van der Waals surface area contributed by atoms with Gasteiger partial charge in [-0.2, -0.15) is 0 Å². The second-order valence-electron chi connectivity index (χ2n) is 3.46. The summed E-state index contributed by atoms with van der Waals surface area (Å²) in [6.07, 6.45) is 0.176. The summed E-state index contributed by atoms with van der Waals surface area (Å²) < 4.78 is 10.2. The van der Waals surface area contributed by atoms with Crippen LogP contribution in [-0.4, -0.2) is 31.3 Å². The van der Waals surface area contributed by atoms with E-state index in [0.29, 0.717) is 22.1 Å². The van der Waals surface area contributed by atoms with Crippen LogP contribution in [-0.2, 0) is 11.2 Å². The molecule has 0 spiro atoms. The van der Waals surface area contributed by atoms with Crippen LogP contribution in [0, 0.1) is 0 Å². The van der Waals surface area contributed by atoms with Crippen molar-refractivity contribution in [1.29, 1.82) is 0 Å². The molecule has 0 heterocycles. The molecule has 0 aromatic heterocycles. The van der Waals surface area contributed by atoms with E-state index >= 15 is 0 Å². The Bertz CT molecular complexity index is 422. The average Bonchev–Trinajstić information content (AvgIpc) is 2.27. The van der Waals surface area contributed by atoms with Gasteiger partial charge in [-0.25, -0.2) is 0 Å². The molecule has 5 nitrogen and oxygen atoms in total. The molecule has 0 radical (unpaired) electrons. The molecule has 3 N–H and O–H groups in total. The lowest BCUT2D eigenvalue weighted by Gasteiger charge is -2.13. The zero-order valence-electron chi connectivity index (χ0n) is 9.57. The molecule has 0 fully saturated rings. The molecule has 0 aliphatic rings. The number of rotatable bonds is 5. The quantitative estimate of drug-likeness (QED) is 0.833. The maximum absolute atomic E-state index is 10.7. The molecule has 0 bridgehead atoms. The minimum absolute atomic E-state index is 0.176. The molecule has 1 aromatic rings. The highest BCUT2D eigenvalue weighted by atomic mass is 35.5. The molecule has 0 amide bonds. The van der Waals surface area contributed by atoms with Gasteiger partial charge in [0.2, 0.25) is 0 Å². The minimum Gasteiger partial charge on any atom is -0.493 e. The molecular weight excluding hydrogens is 246 g/mol. The third-order valence-corrected chi connectivity index (χ3v) is 2.55. The van der Waals surface area contributed by atoms with Crippen molar-refractivity contribution in [3.8, 4) is 11.5 Å². The van der Waals surface area contributed by atoms with Crippen molar-refractivity contribution >= 4 is 17.6 Å². The number of hydrogen-bond acceptors (Lipinski definition) is 4. The first-order valence-corrected chi connectivity index (χ1v) is 5.26. The number of nitrogens with two attached hydrogens (primary N) is 1. The molecular formula is C11H14ClNO4. The van der Waals surface area contributed by atoms with Gasteiger partial charge in [-0.3, -0.25) is 4.79 Å². The molecule has 0 aliphatic heterocycles. The first-order valence-electron chi connectivity index (χ1n) is 4.88. The average molecular weight is 260 g/mol. The molecule has 17 heavy (non-hydrogen) atoms. The Balaban J connectivity index is 3.03. The van der Waals surface area contributed by atoms with Crippen LogP contribution in [0.1, 0.15) is 5.56 Å². The topological polar surface area (TPSA) is 81.8 Å². The van der Waals surface area contributed by atoms with E-state index in [1.807, 2.05) is 0 Å². The van der Waals surface area contributed by atoms with Crippen LogP contribution in [0.25, 0.3) is 0 Å². The summed E-state index contributed by atoms with van der Waals surface area (Å²) in [6, 6.07) is 2.31. The van der Waals surface area contributed by atoms with E-state index in [1.165, 1.54) is 14.2 Å². The number of ether oxygens (including phenoxy) is 2. The van der Waals surface area contributed by atoms with E-state index in [4.69, 9.17) is 31.9 Å². The highest BCUT2D eigenvalue weighted by Gasteiger charge is 2.16. The maximum atomic E-state index is 10.7. The zero-order chi connectivity index (χ0) is 13.0. The summed E-state index contributed by atoms with van der Waals surface area (Å²) in [5.74, 6) is -0.190. The summed E-state index contributed by atoms with van der Waals surface area (Å²) in [7, 11) is 2.96. The molecule has 0 saturated carbocycles. The Labute approximate surface area is 104 Å². The van der Waals surface area contributed by atoms with E-state index in [1.54, 1.807) is 12.1 Å². The van der Waals surface area contributed by atoms with Gasteiger partial charge in [0.05, 0.1) is 19.2 Å². The Morgan fingerprint density at radius 1 is 1.47 bits per heavy atom. The van der Waals surface area contributed by atoms with Crippen molar-refractivity contribution < 1.29 is 19.4 Å². The predicted octanol–water partition coefficient (Wildman–Crippen LogP) is 1.31. The van der Waals surface area contributed by atoms with Gasteiger partial charge in [0.1, 0.15) is 6.04 Å². The van der Waals surface area contributed by atoms with Crippen molar-refractivity contribution in [1.82, 2.24) is 0 Å². The second kappa shape index (κ2) is 5.75. The third kappa shape index (κ3) is 3.25. The monoisotopic (exact) mass is 259 g/mol. The lowest BCUT2D eigenvalue weighted by Crippen LogP contribution is -2.32. The molecule has 1 rings (SSSR count). The lowest BCUT2D eigenvalue weighted by molar-refractivity contribution is -0.138. The van der Waals surface area contributed by atoms with Crippen LogP contribution in [0.3, 0.4) is 0 Å². The minimum atomic E-state index is -1.06. The molecule has 6 heteroatoms. The van der Waals surface area contributed by atoms with Crippen LogP contribution in [0.4, 0.5) is 0 Å². The Hall–Kier alpha value is -1.46. The van der Waals surface area contributed by atoms with Gasteiger partial charge in [0, 0.05) is 0 Å². The van der Waals surface area contributed by atoms with Crippen molar-refractivity contribution in [3.05, 3.63) is 22.7 Å². The van der Waals surface area contributed by atoms with Crippen molar-refractivity contribution in [3.63, 3.8) is 0 Å². The van der Waals surface area contributed by atoms with Gasteiger partial charge in [-0.15, -0.1) is 0 Å². The molecule has 1 atom stereocenters. The predicted molar refractivity (Wildman–Crippen MR) is 63.9 cm³/mol. The fourth-order valence-corrected chi connectivity index (χ4v) is 1.74. The fourth-order valence-electron chi connectivity index (χ4n) is 1.43. The Kier molecular flexibility index (Phi) is 4.60. The normalized spacial score (nSPS) is 12.0. The van der Waals surface area contributed by atoms with Crippen LogP contribution in [0.2, 0.25) is 5.02 Å². The summed E-state index contributed by atoms with van der Waals surface area (Å²) in [5, 5.41) is 9.09. The largest absolute Gasteiger partial charge is 0.493 e. The van der Waals surface area contributed by atoms with Gasteiger partial charge in [-0.1, -0.05) is 11.6 Å². The molecule has 0 unspecified atom stereocenters. The number of carboxylic acids is 1. The van der Waals surface area contributed by atoms with Gasteiger partial charge >= 0.3 is 5.97 Å². The van der Waals surface area contributed by atoms with Gasteiger partial charge in [-0.05, 0) is 24.1 Å². The van der Waals surface area contributed by atoms with E-state index in [2.05, 4.69) is 0 Å². The summed E-state index contributed by atoms with van der Waals surface area (Å²) in [4.78, 5) is 10.7. The second-order valence-corrected chi connectivity index (χ2v) is 3.87. The van der Waals surface area contributed by atoms with Crippen LogP contribution >= 0.6 is 11.6 Å². The third-order valence-electron chi connectivity index (χ3n) is 2.27. The number of hydrogen-bond donors (Lipinski definition) is 2. The highest BCUT2D eigenvalue weighted by Crippen LogP contribution is 2.36. The van der Waals surface area contributed by atoms with Crippen molar-refractivity contribution in [2.75, 3.05) is 14.2 Å². The Morgan fingerprint density at radius 3 is 2.59 bits per heavy atom. The summed E-state index contributed by atoms with van der Waals surface area (Å²) in [5.41, 5.74) is 6.13. The number of carbonyl (C=O) groups is 1. The SMILES string of the molecule is COc1cc(C[C@@H](N)C(=O)O)cc(Cl)c1OC. The smallest absolute Gasteiger partial charge is 0.320 e. The zero-order valence-corrected chi connectivity index (χ0v) is 10.3. The number of halogens is 1. The van der Waals surface area contributed by atoms with E-state index in [9.17, 15) is 4.79 Å². The van der Waals surface area contributed by atoms with Crippen molar-refractivity contribution in [2.24, 2.45) is 5.73 Å². The molecule has 0 saturated heterocycles. The number of benzene rings is 1.